The first-order chi connectivity index (χ1) is 12.5. The van der Waals surface area contributed by atoms with E-state index in [9.17, 15) is 14.4 Å². The number of imide groups is 1. The monoisotopic (exact) mass is 372 g/mol. The third-order valence-corrected chi connectivity index (χ3v) is 4.99. The number of hydrogen-bond donors (Lipinski definition) is 3. The van der Waals surface area contributed by atoms with Crippen molar-refractivity contribution in [2.75, 3.05) is 0 Å². The molecule has 0 aliphatic carbocycles. The summed E-state index contributed by atoms with van der Waals surface area (Å²) in [5.74, 6) is -0.567. The van der Waals surface area contributed by atoms with E-state index in [0.717, 1.165) is 16.8 Å². The Labute approximate surface area is 155 Å². The molecule has 4 amide bonds. The standard InChI is InChI=1S/C18H20N4O3S/c1-11-3-2-7-19-16(11)14(9-12-6-8-26-10-12)20-15(23)5-4-13-17(24)22-18(25)21-13/h2-3,6-8,10,13-14H,4-5,9H2,1H3,(H,20,23)(H2,21,22,24,25)/t13-,14+/m1/s1. The first-order valence-electron chi connectivity index (χ1n) is 8.36. The number of carbonyl (C=O) groups excluding carboxylic acids is 3. The van der Waals surface area contributed by atoms with Crippen molar-refractivity contribution in [3.63, 3.8) is 0 Å². The highest BCUT2D eigenvalue weighted by molar-refractivity contribution is 7.07. The van der Waals surface area contributed by atoms with Gasteiger partial charge in [-0.3, -0.25) is 19.9 Å². The second-order valence-corrected chi connectivity index (χ2v) is 7.00. The van der Waals surface area contributed by atoms with Crippen molar-refractivity contribution >= 4 is 29.2 Å². The summed E-state index contributed by atoms with van der Waals surface area (Å²) in [6.07, 6.45) is 2.77. The van der Waals surface area contributed by atoms with Gasteiger partial charge in [0, 0.05) is 12.6 Å². The maximum atomic E-state index is 12.4. The van der Waals surface area contributed by atoms with Gasteiger partial charge in [0.15, 0.2) is 0 Å². The zero-order valence-corrected chi connectivity index (χ0v) is 15.1. The topological polar surface area (TPSA) is 100 Å². The van der Waals surface area contributed by atoms with Gasteiger partial charge in [0.05, 0.1) is 11.7 Å². The summed E-state index contributed by atoms with van der Waals surface area (Å²) in [5, 5.41) is 11.7. The number of carbonyl (C=O) groups is 3. The first-order valence-corrected chi connectivity index (χ1v) is 9.30. The Hall–Kier alpha value is -2.74. The maximum Gasteiger partial charge on any atom is 0.322 e. The Morgan fingerprint density at radius 3 is 2.88 bits per heavy atom. The highest BCUT2D eigenvalue weighted by Gasteiger charge is 2.30. The lowest BCUT2D eigenvalue weighted by molar-refractivity contribution is -0.122. The van der Waals surface area contributed by atoms with Gasteiger partial charge in [-0.05, 0) is 53.8 Å². The maximum absolute atomic E-state index is 12.4. The van der Waals surface area contributed by atoms with Gasteiger partial charge in [-0.2, -0.15) is 11.3 Å². The second-order valence-electron chi connectivity index (χ2n) is 6.22. The predicted octanol–water partition coefficient (Wildman–Crippen LogP) is 1.84. The van der Waals surface area contributed by atoms with Crippen LogP contribution in [0.3, 0.4) is 0 Å². The van der Waals surface area contributed by atoms with Gasteiger partial charge in [0.1, 0.15) is 6.04 Å². The average Bonchev–Trinajstić information content (AvgIpc) is 3.22. The molecule has 0 saturated carbocycles. The van der Waals surface area contributed by atoms with Crippen LogP contribution in [-0.2, 0) is 16.0 Å². The molecule has 0 unspecified atom stereocenters. The van der Waals surface area contributed by atoms with Crippen LogP contribution in [0, 0.1) is 6.92 Å². The van der Waals surface area contributed by atoms with E-state index in [1.165, 1.54) is 0 Å². The third kappa shape index (κ3) is 4.45. The summed E-state index contributed by atoms with van der Waals surface area (Å²) < 4.78 is 0. The Bertz CT molecular complexity index is 807. The zero-order valence-electron chi connectivity index (χ0n) is 14.3. The molecular weight excluding hydrogens is 352 g/mol. The summed E-state index contributed by atoms with van der Waals surface area (Å²) in [4.78, 5) is 39.6. The molecule has 3 rings (SSSR count). The van der Waals surface area contributed by atoms with Crippen LogP contribution in [0.2, 0.25) is 0 Å². The lowest BCUT2D eigenvalue weighted by Crippen LogP contribution is -2.34. The lowest BCUT2D eigenvalue weighted by Gasteiger charge is -2.20. The van der Waals surface area contributed by atoms with E-state index >= 15 is 0 Å². The molecule has 0 spiro atoms. The normalized spacial score (nSPS) is 17.5. The molecule has 2 aromatic heterocycles. The lowest BCUT2D eigenvalue weighted by atomic mass is 10.0. The molecule has 7 nitrogen and oxygen atoms in total. The molecule has 26 heavy (non-hydrogen) atoms. The molecule has 1 aliphatic rings. The predicted molar refractivity (Wildman–Crippen MR) is 97.6 cm³/mol. The van der Waals surface area contributed by atoms with Crippen molar-refractivity contribution in [1.29, 1.82) is 0 Å². The summed E-state index contributed by atoms with van der Waals surface area (Å²) in [6, 6.07) is 4.45. The molecule has 1 fully saturated rings. The van der Waals surface area contributed by atoms with Crippen LogP contribution in [0.25, 0.3) is 0 Å². The van der Waals surface area contributed by atoms with Crippen molar-refractivity contribution in [2.24, 2.45) is 0 Å². The van der Waals surface area contributed by atoms with Crippen LogP contribution < -0.4 is 16.0 Å². The van der Waals surface area contributed by atoms with E-state index in [1.54, 1.807) is 17.5 Å². The number of thiophene rings is 1. The Morgan fingerprint density at radius 2 is 2.23 bits per heavy atom. The SMILES string of the molecule is Cc1cccnc1[C@H](Cc1ccsc1)NC(=O)CC[C@H]1NC(=O)NC1=O. The minimum atomic E-state index is -0.653. The average molecular weight is 372 g/mol. The van der Waals surface area contributed by atoms with E-state index in [0.29, 0.717) is 6.42 Å². The summed E-state index contributed by atoms with van der Waals surface area (Å²) in [6.45, 7) is 1.97. The number of pyridine rings is 1. The molecule has 3 N–H and O–H groups in total. The van der Waals surface area contributed by atoms with Gasteiger partial charge in [0.25, 0.3) is 5.91 Å². The van der Waals surface area contributed by atoms with Crippen molar-refractivity contribution in [1.82, 2.24) is 20.9 Å². The largest absolute Gasteiger partial charge is 0.347 e. The van der Waals surface area contributed by atoms with Crippen molar-refractivity contribution in [3.8, 4) is 0 Å². The molecule has 3 heterocycles. The zero-order chi connectivity index (χ0) is 18.5. The van der Waals surface area contributed by atoms with Crippen LogP contribution >= 0.6 is 11.3 Å². The Balaban J connectivity index is 1.65. The molecule has 0 bridgehead atoms. The Kier molecular flexibility index (Phi) is 5.62. The van der Waals surface area contributed by atoms with E-state index in [2.05, 4.69) is 26.3 Å². The van der Waals surface area contributed by atoms with E-state index in [-0.39, 0.29) is 24.8 Å². The van der Waals surface area contributed by atoms with E-state index in [4.69, 9.17) is 0 Å². The fraction of sp³-hybridized carbons (Fsp3) is 0.333. The minimum Gasteiger partial charge on any atom is -0.347 e. The van der Waals surface area contributed by atoms with Crippen LogP contribution in [0.5, 0.6) is 0 Å². The van der Waals surface area contributed by atoms with Crippen molar-refractivity contribution in [3.05, 3.63) is 52.0 Å². The summed E-state index contributed by atoms with van der Waals surface area (Å²) in [7, 11) is 0. The third-order valence-electron chi connectivity index (χ3n) is 4.25. The summed E-state index contributed by atoms with van der Waals surface area (Å²) >= 11 is 1.61. The van der Waals surface area contributed by atoms with E-state index < -0.39 is 18.0 Å². The quantitative estimate of drug-likeness (QED) is 0.646. The van der Waals surface area contributed by atoms with Gasteiger partial charge < -0.3 is 10.6 Å². The van der Waals surface area contributed by atoms with Crippen molar-refractivity contribution in [2.45, 2.75) is 38.3 Å². The van der Waals surface area contributed by atoms with Gasteiger partial charge in [-0.25, -0.2) is 4.79 Å². The second kappa shape index (κ2) is 8.09. The van der Waals surface area contributed by atoms with Gasteiger partial charge in [-0.15, -0.1) is 0 Å². The molecule has 2 atom stereocenters. The summed E-state index contributed by atoms with van der Waals surface area (Å²) in [5.41, 5.74) is 2.97. The van der Waals surface area contributed by atoms with E-state index in [1.807, 2.05) is 30.5 Å². The number of aryl methyl sites for hydroxylation is 1. The van der Waals surface area contributed by atoms with Gasteiger partial charge >= 0.3 is 6.03 Å². The number of aromatic nitrogens is 1. The molecule has 2 aromatic rings. The molecular formula is C18H20N4O3S. The van der Waals surface area contributed by atoms with Gasteiger partial charge in [-0.1, -0.05) is 6.07 Å². The number of amides is 4. The minimum absolute atomic E-state index is 0.143. The molecule has 1 aliphatic heterocycles. The molecule has 1 saturated heterocycles. The fourth-order valence-corrected chi connectivity index (χ4v) is 3.61. The molecule has 0 aromatic carbocycles. The number of nitrogens with zero attached hydrogens (tertiary/aromatic N) is 1. The number of hydrogen-bond acceptors (Lipinski definition) is 5. The first kappa shape index (κ1) is 18.1. The van der Waals surface area contributed by atoms with Crippen LogP contribution in [0.4, 0.5) is 4.79 Å². The fourth-order valence-electron chi connectivity index (χ4n) is 2.93. The number of nitrogens with one attached hydrogen (secondary N) is 3. The molecule has 0 radical (unpaired) electrons. The van der Waals surface area contributed by atoms with Gasteiger partial charge in [0.2, 0.25) is 5.91 Å². The highest BCUT2D eigenvalue weighted by Crippen LogP contribution is 2.21. The van der Waals surface area contributed by atoms with Crippen LogP contribution in [-0.4, -0.2) is 28.9 Å². The Morgan fingerprint density at radius 1 is 1.38 bits per heavy atom. The highest BCUT2D eigenvalue weighted by atomic mass is 32.1. The van der Waals surface area contributed by atoms with Crippen LogP contribution in [0.1, 0.15) is 35.7 Å². The van der Waals surface area contributed by atoms with Crippen LogP contribution in [0.15, 0.2) is 35.2 Å². The van der Waals surface area contributed by atoms with Crippen molar-refractivity contribution < 1.29 is 14.4 Å². The number of rotatable bonds is 7. The number of urea groups is 1. The smallest absolute Gasteiger partial charge is 0.322 e. The molecule has 8 heteroatoms. The molecule has 136 valence electrons.